The number of hydrogen-bond acceptors (Lipinski definition) is 0. The molecule has 0 spiro atoms. The summed E-state index contributed by atoms with van der Waals surface area (Å²) in [6.07, 6.45) is 3.82. The highest BCUT2D eigenvalue weighted by molar-refractivity contribution is 5.66. The van der Waals surface area contributed by atoms with Crippen molar-refractivity contribution in [3.63, 3.8) is 0 Å². The van der Waals surface area contributed by atoms with Gasteiger partial charge in [0.1, 0.15) is 0 Å². The number of benzene rings is 1. The number of aromatic nitrogens is 1. The van der Waals surface area contributed by atoms with Crippen LogP contribution in [-0.2, 0) is 0 Å². The zero-order valence-electron chi connectivity index (χ0n) is 8.25. The highest BCUT2D eigenvalue weighted by atomic mass is 14.7. The smallest absolute Gasteiger partial charge is 0.0380 e. The lowest BCUT2D eigenvalue weighted by molar-refractivity contribution is 1.38. The molecule has 0 bridgehead atoms. The fourth-order valence-corrected chi connectivity index (χ4v) is 1.52. The Morgan fingerprint density at radius 3 is 2.71 bits per heavy atom. The Morgan fingerprint density at radius 1 is 1.21 bits per heavy atom. The van der Waals surface area contributed by atoms with Crippen LogP contribution in [0.1, 0.15) is 11.3 Å². The molecule has 1 nitrogen and oxygen atoms in total. The van der Waals surface area contributed by atoms with Gasteiger partial charge in [0.25, 0.3) is 0 Å². The predicted octanol–water partition coefficient (Wildman–Crippen LogP) is 3.63. The van der Waals surface area contributed by atoms with Gasteiger partial charge in [-0.05, 0) is 30.2 Å². The van der Waals surface area contributed by atoms with E-state index in [4.69, 9.17) is 0 Å². The number of H-pyrrole nitrogens is 1. The molecule has 0 aliphatic heterocycles. The van der Waals surface area contributed by atoms with E-state index in [1.54, 1.807) is 0 Å². The SMILES string of the molecule is C=Cc1cc(-c2cccc(C)c2)c[nH]1. The summed E-state index contributed by atoms with van der Waals surface area (Å²) in [5.74, 6) is 0. The summed E-state index contributed by atoms with van der Waals surface area (Å²) in [5, 5.41) is 0. The summed E-state index contributed by atoms with van der Waals surface area (Å²) in [5.41, 5.74) is 4.79. The molecule has 1 N–H and O–H groups in total. The van der Waals surface area contributed by atoms with Crippen molar-refractivity contribution >= 4 is 6.08 Å². The molecule has 0 unspecified atom stereocenters. The summed E-state index contributed by atoms with van der Waals surface area (Å²) in [4.78, 5) is 3.16. The first kappa shape index (κ1) is 8.82. The Morgan fingerprint density at radius 2 is 2.07 bits per heavy atom. The van der Waals surface area contributed by atoms with Crippen LogP contribution in [0.4, 0.5) is 0 Å². The summed E-state index contributed by atoms with van der Waals surface area (Å²) < 4.78 is 0. The average molecular weight is 183 g/mol. The number of aryl methyl sites for hydroxylation is 1. The second-order valence-electron chi connectivity index (χ2n) is 3.42. The van der Waals surface area contributed by atoms with Crippen LogP contribution in [0.5, 0.6) is 0 Å². The lowest BCUT2D eigenvalue weighted by Crippen LogP contribution is -1.75. The van der Waals surface area contributed by atoms with Gasteiger partial charge in [0.05, 0.1) is 0 Å². The van der Waals surface area contributed by atoms with Crippen molar-refractivity contribution < 1.29 is 0 Å². The lowest BCUT2D eigenvalue weighted by Gasteiger charge is -1.98. The normalized spacial score (nSPS) is 10.1. The van der Waals surface area contributed by atoms with E-state index in [1.165, 1.54) is 16.7 Å². The molecule has 14 heavy (non-hydrogen) atoms. The van der Waals surface area contributed by atoms with E-state index >= 15 is 0 Å². The average Bonchev–Trinajstić information content (AvgIpc) is 2.66. The summed E-state index contributed by atoms with van der Waals surface area (Å²) in [6, 6.07) is 10.6. The van der Waals surface area contributed by atoms with Crippen LogP contribution in [0.25, 0.3) is 17.2 Å². The fraction of sp³-hybridized carbons (Fsp3) is 0.0769. The Balaban J connectivity index is 2.43. The Bertz CT molecular complexity index is 452. The van der Waals surface area contributed by atoms with E-state index in [-0.39, 0.29) is 0 Å². The van der Waals surface area contributed by atoms with Crippen molar-refractivity contribution in [2.24, 2.45) is 0 Å². The molecule has 1 heterocycles. The van der Waals surface area contributed by atoms with E-state index in [2.05, 4.69) is 48.8 Å². The van der Waals surface area contributed by atoms with Crippen LogP contribution >= 0.6 is 0 Å². The molecule has 2 rings (SSSR count). The zero-order valence-corrected chi connectivity index (χ0v) is 8.25. The van der Waals surface area contributed by atoms with Crippen LogP contribution in [-0.4, -0.2) is 4.98 Å². The largest absolute Gasteiger partial charge is 0.361 e. The maximum absolute atomic E-state index is 3.72. The Labute approximate surface area is 84.1 Å². The van der Waals surface area contributed by atoms with Gasteiger partial charge in [-0.25, -0.2) is 0 Å². The molecule has 0 fully saturated rings. The highest BCUT2D eigenvalue weighted by Gasteiger charge is 1.99. The van der Waals surface area contributed by atoms with Crippen LogP contribution in [0.2, 0.25) is 0 Å². The lowest BCUT2D eigenvalue weighted by atomic mass is 10.1. The molecule has 1 heteroatoms. The van der Waals surface area contributed by atoms with Crippen molar-refractivity contribution in [1.29, 1.82) is 0 Å². The minimum absolute atomic E-state index is 1.06. The van der Waals surface area contributed by atoms with Crippen LogP contribution < -0.4 is 0 Å². The zero-order chi connectivity index (χ0) is 9.97. The Hall–Kier alpha value is -1.76. The molecule has 2 aromatic rings. The molecular weight excluding hydrogens is 170 g/mol. The van der Waals surface area contributed by atoms with Gasteiger partial charge in [0.2, 0.25) is 0 Å². The second-order valence-corrected chi connectivity index (χ2v) is 3.42. The minimum Gasteiger partial charge on any atom is -0.361 e. The molecule has 70 valence electrons. The summed E-state index contributed by atoms with van der Waals surface area (Å²) in [6.45, 7) is 5.83. The van der Waals surface area contributed by atoms with Gasteiger partial charge >= 0.3 is 0 Å². The van der Waals surface area contributed by atoms with Crippen molar-refractivity contribution in [2.45, 2.75) is 6.92 Å². The molecule has 0 atom stereocenters. The van der Waals surface area contributed by atoms with Crippen molar-refractivity contribution in [3.8, 4) is 11.1 Å². The third kappa shape index (κ3) is 1.62. The summed E-state index contributed by atoms with van der Waals surface area (Å²) in [7, 11) is 0. The quantitative estimate of drug-likeness (QED) is 0.731. The van der Waals surface area contributed by atoms with E-state index in [0.717, 1.165) is 5.69 Å². The minimum atomic E-state index is 1.06. The first-order chi connectivity index (χ1) is 6.79. The van der Waals surface area contributed by atoms with Gasteiger partial charge in [-0.3, -0.25) is 0 Å². The van der Waals surface area contributed by atoms with Gasteiger partial charge in [0.15, 0.2) is 0 Å². The molecule has 0 saturated heterocycles. The van der Waals surface area contributed by atoms with Crippen molar-refractivity contribution in [2.75, 3.05) is 0 Å². The van der Waals surface area contributed by atoms with E-state index < -0.39 is 0 Å². The van der Waals surface area contributed by atoms with E-state index in [0.29, 0.717) is 0 Å². The molecule has 0 saturated carbocycles. The standard InChI is InChI=1S/C13H13N/c1-3-13-8-12(9-14-13)11-6-4-5-10(2)7-11/h3-9,14H,1H2,2H3. The fourth-order valence-electron chi connectivity index (χ4n) is 1.52. The number of aromatic amines is 1. The summed E-state index contributed by atoms with van der Waals surface area (Å²) >= 11 is 0. The molecule has 0 radical (unpaired) electrons. The van der Waals surface area contributed by atoms with Crippen LogP contribution in [0.3, 0.4) is 0 Å². The number of rotatable bonds is 2. The van der Waals surface area contributed by atoms with Crippen molar-refractivity contribution in [1.82, 2.24) is 4.98 Å². The molecular formula is C13H13N. The van der Waals surface area contributed by atoms with E-state index in [1.807, 2.05) is 12.3 Å². The first-order valence-corrected chi connectivity index (χ1v) is 4.67. The predicted molar refractivity (Wildman–Crippen MR) is 61.1 cm³/mol. The third-order valence-electron chi connectivity index (χ3n) is 2.28. The van der Waals surface area contributed by atoms with Gasteiger partial charge in [-0.2, -0.15) is 0 Å². The maximum atomic E-state index is 3.72. The van der Waals surface area contributed by atoms with E-state index in [9.17, 15) is 0 Å². The topological polar surface area (TPSA) is 15.8 Å². The van der Waals surface area contributed by atoms with Gasteiger partial charge in [0, 0.05) is 11.9 Å². The van der Waals surface area contributed by atoms with Crippen LogP contribution in [0, 0.1) is 6.92 Å². The molecule has 0 aliphatic rings. The first-order valence-electron chi connectivity index (χ1n) is 4.67. The van der Waals surface area contributed by atoms with Crippen LogP contribution in [0.15, 0.2) is 43.1 Å². The Kier molecular flexibility index (Phi) is 2.23. The monoisotopic (exact) mass is 183 g/mol. The maximum Gasteiger partial charge on any atom is 0.0380 e. The second kappa shape index (κ2) is 3.54. The molecule has 0 aliphatic carbocycles. The molecule has 0 amide bonds. The molecule has 1 aromatic heterocycles. The molecule has 1 aromatic carbocycles. The highest BCUT2D eigenvalue weighted by Crippen LogP contribution is 2.21. The van der Waals surface area contributed by atoms with Gasteiger partial charge in [-0.15, -0.1) is 0 Å². The van der Waals surface area contributed by atoms with Crippen molar-refractivity contribution in [3.05, 3.63) is 54.4 Å². The van der Waals surface area contributed by atoms with Gasteiger partial charge < -0.3 is 4.98 Å². The number of hydrogen-bond donors (Lipinski definition) is 1. The van der Waals surface area contributed by atoms with Gasteiger partial charge in [-0.1, -0.05) is 36.4 Å². The third-order valence-corrected chi connectivity index (χ3v) is 2.28. The number of nitrogens with one attached hydrogen (secondary N) is 1.